The van der Waals surface area contributed by atoms with E-state index >= 15 is 0 Å². The van der Waals surface area contributed by atoms with Gasteiger partial charge in [0.25, 0.3) is 0 Å². The van der Waals surface area contributed by atoms with Crippen LogP contribution in [0, 0.1) is 5.92 Å². The number of hydrogen-bond donors (Lipinski definition) is 0. The molecule has 0 aromatic heterocycles. The van der Waals surface area contributed by atoms with Crippen LogP contribution >= 0.6 is 0 Å². The third kappa shape index (κ3) is 2.93. The van der Waals surface area contributed by atoms with Gasteiger partial charge in [-0.15, -0.1) is 0 Å². The van der Waals surface area contributed by atoms with Crippen molar-refractivity contribution in [2.45, 2.75) is 44.5 Å². The van der Waals surface area contributed by atoms with Crippen molar-refractivity contribution in [1.82, 2.24) is 0 Å². The molecule has 1 saturated heterocycles. The Morgan fingerprint density at radius 3 is 2.25 bits per heavy atom. The number of para-hydroxylation sites is 1. The van der Waals surface area contributed by atoms with E-state index in [1.54, 1.807) is 0 Å². The van der Waals surface area contributed by atoms with Crippen molar-refractivity contribution in [2.24, 2.45) is 5.92 Å². The number of hydrogen-bond acceptors (Lipinski definition) is 2. The minimum absolute atomic E-state index is 0.0568. The summed E-state index contributed by atoms with van der Waals surface area (Å²) >= 11 is 0. The number of benzene rings is 3. The molecule has 28 heavy (non-hydrogen) atoms. The maximum absolute atomic E-state index is 6.75. The highest BCUT2D eigenvalue weighted by Crippen LogP contribution is 2.55. The van der Waals surface area contributed by atoms with Gasteiger partial charge in [0.1, 0.15) is 11.4 Å². The summed E-state index contributed by atoms with van der Waals surface area (Å²) in [5, 5.41) is 0. The molecule has 5 rings (SSSR count). The lowest BCUT2D eigenvalue weighted by atomic mass is 9.74. The van der Waals surface area contributed by atoms with Gasteiger partial charge in [0.2, 0.25) is 0 Å². The van der Waals surface area contributed by atoms with Crippen molar-refractivity contribution in [1.29, 1.82) is 0 Å². The lowest BCUT2D eigenvalue weighted by Crippen LogP contribution is -2.47. The molecule has 0 aliphatic carbocycles. The summed E-state index contributed by atoms with van der Waals surface area (Å²) < 4.78 is 13.4. The van der Waals surface area contributed by atoms with E-state index in [9.17, 15) is 0 Å². The Morgan fingerprint density at radius 1 is 0.786 bits per heavy atom. The van der Waals surface area contributed by atoms with Gasteiger partial charge >= 0.3 is 0 Å². The standard InChI is InChI=1S/C26H26O2/c1-26(2)22-16-17-23(19-12-7-4-8-13-19)27-25(22)21-15-9-14-20(24(21)28-26)18-10-5-3-6-11-18/h3-15,22-23,25H,16-17H2,1-2H3/t22-,23+,25+/m0/s1. The fraction of sp³-hybridized carbons (Fsp3) is 0.308. The van der Waals surface area contributed by atoms with Crippen molar-refractivity contribution >= 4 is 0 Å². The molecule has 2 aliphatic rings. The van der Waals surface area contributed by atoms with Crippen LogP contribution in [0.3, 0.4) is 0 Å². The topological polar surface area (TPSA) is 18.5 Å². The average Bonchev–Trinajstić information content (AvgIpc) is 2.74. The Balaban J connectivity index is 1.58. The molecule has 0 spiro atoms. The van der Waals surface area contributed by atoms with Crippen LogP contribution in [0.2, 0.25) is 0 Å². The highest BCUT2D eigenvalue weighted by molar-refractivity contribution is 5.73. The van der Waals surface area contributed by atoms with Gasteiger partial charge in [-0.05, 0) is 37.8 Å². The molecule has 0 radical (unpaired) electrons. The van der Waals surface area contributed by atoms with Crippen molar-refractivity contribution in [3.63, 3.8) is 0 Å². The van der Waals surface area contributed by atoms with Crippen LogP contribution in [0.1, 0.15) is 50.0 Å². The van der Waals surface area contributed by atoms with Crippen molar-refractivity contribution in [2.75, 3.05) is 0 Å². The number of rotatable bonds is 2. The lowest BCUT2D eigenvalue weighted by Gasteiger charge is -2.49. The van der Waals surface area contributed by atoms with Crippen LogP contribution < -0.4 is 4.74 Å². The molecule has 0 amide bonds. The first-order valence-electron chi connectivity index (χ1n) is 10.2. The van der Waals surface area contributed by atoms with E-state index in [1.807, 2.05) is 0 Å². The predicted octanol–water partition coefficient (Wildman–Crippen LogP) is 6.73. The van der Waals surface area contributed by atoms with E-state index in [0.29, 0.717) is 5.92 Å². The highest BCUT2D eigenvalue weighted by Gasteiger charge is 2.48. The summed E-state index contributed by atoms with van der Waals surface area (Å²) in [6, 6.07) is 27.6. The highest BCUT2D eigenvalue weighted by atomic mass is 16.5. The summed E-state index contributed by atoms with van der Waals surface area (Å²) in [6.45, 7) is 4.42. The molecular weight excluding hydrogens is 344 g/mol. The zero-order valence-corrected chi connectivity index (χ0v) is 16.5. The van der Waals surface area contributed by atoms with Crippen molar-refractivity contribution in [3.8, 4) is 16.9 Å². The summed E-state index contributed by atoms with van der Waals surface area (Å²) in [7, 11) is 0. The van der Waals surface area contributed by atoms with Gasteiger partial charge < -0.3 is 9.47 Å². The second kappa shape index (κ2) is 6.79. The SMILES string of the molecule is CC1(C)Oc2c(-c3ccccc3)cccc2[C@H]2O[C@@H](c3ccccc3)CC[C@@H]21. The van der Waals surface area contributed by atoms with Crippen LogP contribution in [0.5, 0.6) is 5.75 Å². The number of fused-ring (bicyclic) bond motifs is 3. The zero-order chi connectivity index (χ0) is 19.1. The van der Waals surface area contributed by atoms with Gasteiger partial charge in [-0.3, -0.25) is 0 Å². The third-order valence-corrected chi connectivity index (χ3v) is 6.28. The fourth-order valence-electron chi connectivity index (χ4n) is 4.81. The molecule has 2 heteroatoms. The van der Waals surface area contributed by atoms with Gasteiger partial charge in [-0.2, -0.15) is 0 Å². The Bertz CT molecular complexity index is 962. The normalized spacial score (nSPS) is 25.3. The molecule has 0 N–H and O–H groups in total. The van der Waals surface area contributed by atoms with Gasteiger partial charge in [0.05, 0.1) is 12.2 Å². The molecule has 2 nitrogen and oxygen atoms in total. The molecule has 2 heterocycles. The second-order valence-corrected chi connectivity index (χ2v) is 8.44. The van der Waals surface area contributed by atoms with Gasteiger partial charge in [-0.1, -0.05) is 78.9 Å². The Labute approximate surface area is 167 Å². The van der Waals surface area contributed by atoms with E-state index in [4.69, 9.17) is 9.47 Å². The molecule has 1 fully saturated rings. The number of ether oxygens (including phenoxy) is 2. The maximum Gasteiger partial charge on any atom is 0.133 e. The minimum atomic E-state index is -0.260. The maximum atomic E-state index is 6.75. The first-order valence-corrected chi connectivity index (χ1v) is 10.2. The molecular formula is C26H26O2. The Kier molecular flexibility index (Phi) is 4.25. The first-order chi connectivity index (χ1) is 13.6. The zero-order valence-electron chi connectivity index (χ0n) is 16.5. The van der Waals surface area contributed by atoms with E-state index in [-0.39, 0.29) is 17.8 Å². The predicted molar refractivity (Wildman–Crippen MR) is 112 cm³/mol. The van der Waals surface area contributed by atoms with Crippen molar-refractivity contribution < 1.29 is 9.47 Å². The van der Waals surface area contributed by atoms with E-state index in [1.165, 1.54) is 16.7 Å². The summed E-state index contributed by atoms with van der Waals surface area (Å²) in [4.78, 5) is 0. The summed E-state index contributed by atoms with van der Waals surface area (Å²) in [5.74, 6) is 1.33. The first kappa shape index (κ1) is 17.5. The minimum Gasteiger partial charge on any atom is -0.486 e. The van der Waals surface area contributed by atoms with Crippen LogP contribution in [0.4, 0.5) is 0 Å². The molecule has 142 valence electrons. The summed E-state index contributed by atoms with van der Waals surface area (Å²) in [6.07, 6.45) is 2.34. The van der Waals surface area contributed by atoms with Crippen LogP contribution in [-0.2, 0) is 4.74 Å². The average molecular weight is 370 g/mol. The molecule has 0 bridgehead atoms. The smallest absolute Gasteiger partial charge is 0.133 e. The Morgan fingerprint density at radius 2 is 1.50 bits per heavy atom. The summed E-state index contributed by atoms with van der Waals surface area (Å²) in [5.41, 5.74) is 4.53. The molecule has 0 unspecified atom stereocenters. The van der Waals surface area contributed by atoms with Crippen LogP contribution in [-0.4, -0.2) is 5.60 Å². The molecule has 3 aromatic carbocycles. The monoisotopic (exact) mass is 370 g/mol. The van der Waals surface area contributed by atoms with E-state index < -0.39 is 0 Å². The molecule has 3 atom stereocenters. The lowest BCUT2D eigenvalue weighted by molar-refractivity contribution is -0.151. The third-order valence-electron chi connectivity index (χ3n) is 6.28. The van der Waals surface area contributed by atoms with Crippen LogP contribution in [0.25, 0.3) is 11.1 Å². The second-order valence-electron chi connectivity index (χ2n) is 8.44. The van der Waals surface area contributed by atoms with E-state index in [2.05, 4.69) is 92.7 Å². The van der Waals surface area contributed by atoms with Crippen molar-refractivity contribution in [3.05, 3.63) is 90.0 Å². The molecule has 0 saturated carbocycles. The van der Waals surface area contributed by atoms with E-state index in [0.717, 1.165) is 24.2 Å². The van der Waals surface area contributed by atoms with Gasteiger partial charge in [0, 0.05) is 17.0 Å². The largest absolute Gasteiger partial charge is 0.486 e. The fourth-order valence-corrected chi connectivity index (χ4v) is 4.81. The Hall–Kier alpha value is -2.58. The molecule has 3 aromatic rings. The quantitative estimate of drug-likeness (QED) is 0.498. The van der Waals surface area contributed by atoms with Gasteiger partial charge in [0.15, 0.2) is 0 Å². The molecule has 2 aliphatic heterocycles. The van der Waals surface area contributed by atoms with Gasteiger partial charge in [-0.25, -0.2) is 0 Å². The van der Waals surface area contributed by atoms with Crippen LogP contribution in [0.15, 0.2) is 78.9 Å².